The Morgan fingerprint density at radius 1 is 1.35 bits per heavy atom. The number of pyridine rings is 2. The highest BCUT2D eigenvalue weighted by atomic mass is 16.5. The first-order valence-corrected chi connectivity index (χ1v) is 5.02. The van der Waals surface area contributed by atoms with E-state index in [1.807, 2.05) is 19.1 Å². The number of aryl methyl sites for hydroxylation is 1. The molecule has 0 unspecified atom stereocenters. The monoisotopic (exact) mass is 229 g/mol. The fraction of sp³-hybridized carbons (Fsp3) is 0.0833. The van der Waals surface area contributed by atoms with Gasteiger partial charge in [0.05, 0.1) is 0 Å². The van der Waals surface area contributed by atoms with Crippen LogP contribution in [-0.2, 0) is 0 Å². The molecular formula is C12H11N3O2. The van der Waals surface area contributed by atoms with Crippen molar-refractivity contribution in [2.75, 3.05) is 0 Å². The number of hydrogen-bond donors (Lipinski definition) is 1. The molecule has 86 valence electrons. The van der Waals surface area contributed by atoms with E-state index >= 15 is 0 Å². The van der Waals surface area contributed by atoms with Crippen molar-refractivity contribution in [2.45, 2.75) is 6.92 Å². The molecule has 2 rings (SSSR count). The van der Waals surface area contributed by atoms with Gasteiger partial charge in [-0.25, -0.2) is 4.98 Å². The number of ether oxygens (including phenoxy) is 1. The molecule has 2 N–H and O–H groups in total. The predicted molar refractivity (Wildman–Crippen MR) is 61.8 cm³/mol. The SMILES string of the molecule is Cc1cccc(Oc2ccnc(C(N)=O)c2)n1. The van der Waals surface area contributed by atoms with Gasteiger partial charge in [0.25, 0.3) is 5.91 Å². The molecule has 0 fully saturated rings. The van der Waals surface area contributed by atoms with E-state index in [1.165, 1.54) is 12.3 Å². The number of rotatable bonds is 3. The topological polar surface area (TPSA) is 78.1 Å². The van der Waals surface area contributed by atoms with Gasteiger partial charge in [-0.2, -0.15) is 0 Å². The summed E-state index contributed by atoms with van der Waals surface area (Å²) in [5.41, 5.74) is 6.14. The molecule has 0 aliphatic heterocycles. The Kier molecular flexibility index (Phi) is 3.00. The zero-order valence-corrected chi connectivity index (χ0v) is 9.25. The number of nitrogens with two attached hydrogens (primary N) is 1. The fourth-order valence-electron chi connectivity index (χ4n) is 1.31. The molecule has 0 radical (unpaired) electrons. The van der Waals surface area contributed by atoms with Gasteiger partial charge >= 0.3 is 0 Å². The first kappa shape index (κ1) is 11.1. The van der Waals surface area contributed by atoms with Crippen LogP contribution in [0.2, 0.25) is 0 Å². The molecule has 5 nitrogen and oxygen atoms in total. The molecule has 0 bridgehead atoms. The van der Waals surface area contributed by atoms with Crippen LogP contribution in [-0.4, -0.2) is 15.9 Å². The van der Waals surface area contributed by atoms with E-state index in [0.717, 1.165) is 5.69 Å². The molecule has 0 atom stereocenters. The molecular weight excluding hydrogens is 218 g/mol. The Bertz CT molecular complexity index is 555. The lowest BCUT2D eigenvalue weighted by molar-refractivity contribution is 0.0995. The molecule has 17 heavy (non-hydrogen) atoms. The van der Waals surface area contributed by atoms with Crippen LogP contribution in [0.1, 0.15) is 16.2 Å². The quantitative estimate of drug-likeness (QED) is 0.868. The third-order valence-corrected chi connectivity index (χ3v) is 2.07. The largest absolute Gasteiger partial charge is 0.439 e. The molecule has 0 aliphatic rings. The van der Waals surface area contributed by atoms with Crippen LogP contribution in [0.25, 0.3) is 0 Å². The van der Waals surface area contributed by atoms with Crippen LogP contribution in [0.3, 0.4) is 0 Å². The van der Waals surface area contributed by atoms with Crippen LogP contribution in [0.4, 0.5) is 0 Å². The third-order valence-electron chi connectivity index (χ3n) is 2.07. The van der Waals surface area contributed by atoms with E-state index in [1.54, 1.807) is 12.1 Å². The Balaban J connectivity index is 2.24. The molecule has 2 aromatic heterocycles. The number of amides is 1. The van der Waals surface area contributed by atoms with Gasteiger partial charge in [0.15, 0.2) is 0 Å². The van der Waals surface area contributed by atoms with Crippen LogP contribution in [0, 0.1) is 6.92 Å². The maximum atomic E-state index is 10.9. The highest BCUT2D eigenvalue weighted by molar-refractivity contribution is 5.91. The highest BCUT2D eigenvalue weighted by Gasteiger charge is 2.05. The van der Waals surface area contributed by atoms with Gasteiger partial charge in [-0.3, -0.25) is 9.78 Å². The molecule has 0 aliphatic carbocycles. The van der Waals surface area contributed by atoms with Crippen molar-refractivity contribution in [3.63, 3.8) is 0 Å². The predicted octanol–water partition coefficient (Wildman–Crippen LogP) is 1.68. The second-order valence-corrected chi connectivity index (χ2v) is 3.46. The average Bonchev–Trinajstić information content (AvgIpc) is 2.29. The summed E-state index contributed by atoms with van der Waals surface area (Å²) in [5.74, 6) is 0.353. The minimum atomic E-state index is -0.590. The lowest BCUT2D eigenvalue weighted by Crippen LogP contribution is -2.12. The average molecular weight is 229 g/mol. The zero-order chi connectivity index (χ0) is 12.3. The van der Waals surface area contributed by atoms with Crippen LogP contribution in [0.15, 0.2) is 36.5 Å². The van der Waals surface area contributed by atoms with Crippen molar-refractivity contribution in [1.82, 2.24) is 9.97 Å². The van der Waals surface area contributed by atoms with Gasteiger partial charge < -0.3 is 10.5 Å². The number of carbonyl (C=O) groups excluding carboxylic acids is 1. The number of aromatic nitrogens is 2. The Morgan fingerprint density at radius 2 is 2.18 bits per heavy atom. The van der Waals surface area contributed by atoms with Crippen LogP contribution in [0.5, 0.6) is 11.6 Å². The molecule has 0 saturated heterocycles. The standard InChI is InChI=1S/C12H11N3O2/c1-8-3-2-4-11(15-8)17-9-5-6-14-10(7-9)12(13)16/h2-7H,1H3,(H2,13,16). The summed E-state index contributed by atoms with van der Waals surface area (Å²) < 4.78 is 5.49. The number of hydrogen-bond acceptors (Lipinski definition) is 4. The first-order chi connectivity index (χ1) is 8.15. The maximum absolute atomic E-state index is 10.9. The lowest BCUT2D eigenvalue weighted by atomic mass is 10.3. The zero-order valence-electron chi connectivity index (χ0n) is 9.25. The van der Waals surface area contributed by atoms with Gasteiger partial charge in [0.1, 0.15) is 11.4 Å². The molecule has 2 heterocycles. The Hall–Kier alpha value is -2.43. The molecule has 0 saturated carbocycles. The summed E-state index contributed by atoms with van der Waals surface area (Å²) >= 11 is 0. The van der Waals surface area contributed by atoms with Crippen molar-refractivity contribution in [2.24, 2.45) is 5.73 Å². The minimum Gasteiger partial charge on any atom is -0.439 e. The summed E-state index contributed by atoms with van der Waals surface area (Å²) in [4.78, 5) is 19.0. The summed E-state index contributed by atoms with van der Waals surface area (Å²) in [7, 11) is 0. The van der Waals surface area contributed by atoms with Crippen molar-refractivity contribution in [3.05, 3.63) is 47.9 Å². The van der Waals surface area contributed by atoms with Crippen molar-refractivity contribution in [3.8, 4) is 11.6 Å². The van der Waals surface area contributed by atoms with E-state index in [0.29, 0.717) is 11.6 Å². The molecule has 0 aromatic carbocycles. The van der Waals surface area contributed by atoms with Gasteiger partial charge in [-0.15, -0.1) is 0 Å². The summed E-state index contributed by atoms with van der Waals surface area (Å²) in [5, 5.41) is 0. The van der Waals surface area contributed by atoms with Crippen molar-refractivity contribution < 1.29 is 9.53 Å². The minimum absolute atomic E-state index is 0.162. The van der Waals surface area contributed by atoms with Crippen LogP contribution < -0.4 is 10.5 Å². The van der Waals surface area contributed by atoms with E-state index in [4.69, 9.17) is 10.5 Å². The Morgan fingerprint density at radius 3 is 2.88 bits per heavy atom. The van der Waals surface area contributed by atoms with Gasteiger partial charge in [-0.1, -0.05) is 6.07 Å². The molecule has 5 heteroatoms. The number of carbonyl (C=O) groups is 1. The summed E-state index contributed by atoms with van der Waals surface area (Å²) in [6.45, 7) is 1.87. The van der Waals surface area contributed by atoms with E-state index in [2.05, 4.69) is 9.97 Å². The molecule has 1 amide bonds. The Labute approximate surface area is 98.3 Å². The van der Waals surface area contributed by atoms with Crippen LogP contribution >= 0.6 is 0 Å². The highest BCUT2D eigenvalue weighted by Crippen LogP contribution is 2.19. The fourth-order valence-corrected chi connectivity index (χ4v) is 1.31. The van der Waals surface area contributed by atoms with Gasteiger partial charge in [-0.05, 0) is 19.1 Å². The van der Waals surface area contributed by atoms with Gasteiger partial charge in [0, 0.05) is 24.0 Å². The lowest BCUT2D eigenvalue weighted by Gasteiger charge is -2.05. The number of nitrogens with zero attached hydrogens (tertiary/aromatic N) is 2. The third kappa shape index (κ3) is 2.78. The smallest absolute Gasteiger partial charge is 0.267 e. The first-order valence-electron chi connectivity index (χ1n) is 5.02. The summed E-state index contributed by atoms with van der Waals surface area (Å²) in [6.07, 6.45) is 1.46. The van der Waals surface area contributed by atoms with Gasteiger partial charge in [0.2, 0.25) is 5.88 Å². The van der Waals surface area contributed by atoms with E-state index in [-0.39, 0.29) is 5.69 Å². The van der Waals surface area contributed by atoms with E-state index in [9.17, 15) is 4.79 Å². The second-order valence-electron chi connectivity index (χ2n) is 3.46. The molecule has 0 spiro atoms. The number of primary amides is 1. The molecule has 2 aromatic rings. The maximum Gasteiger partial charge on any atom is 0.267 e. The normalized spacial score (nSPS) is 9.94. The van der Waals surface area contributed by atoms with Crippen molar-refractivity contribution >= 4 is 5.91 Å². The van der Waals surface area contributed by atoms with Crippen molar-refractivity contribution in [1.29, 1.82) is 0 Å². The second kappa shape index (κ2) is 4.61. The van der Waals surface area contributed by atoms with E-state index < -0.39 is 5.91 Å². The summed E-state index contributed by atoms with van der Waals surface area (Å²) in [6, 6.07) is 8.56.